The van der Waals surface area contributed by atoms with Crippen molar-refractivity contribution in [3.8, 4) is 5.69 Å². The van der Waals surface area contributed by atoms with Crippen LogP contribution in [-0.4, -0.2) is 9.78 Å². The Bertz CT molecular complexity index is 740. The summed E-state index contributed by atoms with van der Waals surface area (Å²) in [6.45, 7) is 0.543. The summed E-state index contributed by atoms with van der Waals surface area (Å²) in [6.07, 6.45) is 1.91. The van der Waals surface area contributed by atoms with Gasteiger partial charge in [0.15, 0.2) is 0 Å². The summed E-state index contributed by atoms with van der Waals surface area (Å²) in [7, 11) is 0. The zero-order chi connectivity index (χ0) is 14.7. The number of para-hydroxylation sites is 1. The van der Waals surface area contributed by atoms with Gasteiger partial charge in [-0.2, -0.15) is 5.10 Å². The molecule has 21 heavy (non-hydrogen) atoms. The Labute approximate surface area is 130 Å². The van der Waals surface area contributed by atoms with Gasteiger partial charge in [0.1, 0.15) is 5.82 Å². The van der Waals surface area contributed by atoms with Crippen LogP contribution in [0.2, 0.25) is 0 Å². The number of benzene rings is 2. The first-order valence-corrected chi connectivity index (χ1v) is 7.30. The molecule has 0 radical (unpaired) electrons. The summed E-state index contributed by atoms with van der Waals surface area (Å²) in [4.78, 5) is 0. The first-order valence-electron chi connectivity index (χ1n) is 6.51. The lowest BCUT2D eigenvalue weighted by Crippen LogP contribution is -2.02. The maximum absolute atomic E-state index is 13.4. The molecule has 3 aromatic rings. The van der Waals surface area contributed by atoms with Crippen molar-refractivity contribution in [2.75, 3.05) is 5.32 Å². The van der Waals surface area contributed by atoms with Crippen molar-refractivity contribution in [2.24, 2.45) is 0 Å². The van der Waals surface area contributed by atoms with E-state index >= 15 is 0 Å². The van der Waals surface area contributed by atoms with Gasteiger partial charge in [-0.15, -0.1) is 0 Å². The lowest BCUT2D eigenvalue weighted by molar-refractivity contribution is 0.621. The average molecular weight is 346 g/mol. The van der Waals surface area contributed by atoms with Crippen LogP contribution < -0.4 is 5.32 Å². The molecule has 5 heteroatoms. The van der Waals surface area contributed by atoms with Crippen molar-refractivity contribution in [3.63, 3.8) is 0 Å². The summed E-state index contributed by atoms with van der Waals surface area (Å²) in [6, 6.07) is 16.8. The summed E-state index contributed by atoms with van der Waals surface area (Å²) in [5.41, 5.74) is 2.63. The van der Waals surface area contributed by atoms with Crippen LogP contribution in [0.5, 0.6) is 0 Å². The monoisotopic (exact) mass is 345 g/mol. The number of hydrogen-bond donors (Lipinski definition) is 1. The minimum atomic E-state index is -0.283. The van der Waals surface area contributed by atoms with Gasteiger partial charge in [-0.1, -0.05) is 18.2 Å². The molecule has 1 aromatic heterocycles. The maximum Gasteiger partial charge on any atom is 0.139 e. The first kappa shape index (κ1) is 13.8. The van der Waals surface area contributed by atoms with Crippen LogP contribution in [0.1, 0.15) is 5.69 Å². The number of anilines is 1. The smallest absolute Gasteiger partial charge is 0.139 e. The SMILES string of the molecule is Fc1cc(NCc2ccn(-c3ccccc3)n2)ccc1Br. The van der Waals surface area contributed by atoms with Crippen molar-refractivity contribution in [1.82, 2.24) is 9.78 Å². The minimum Gasteiger partial charge on any atom is -0.379 e. The molecular weight excluding hydrogens is 333 g/mol. The molecule has 3 rings (SSSR count). The summed E-state index contributed by atoms with van der Waals surface area (Å²) in [5, 5.41) is 7.64. The molecule has 0 aliphatic heterocycles. The van der Waals surface area contributed by atoms with E-state index in [1.165, 1.54) is 6.07 Å². The van der Waals surface area contributed by atoms with Crippen LogP contribution in [0, 0.1) is 5.82 Å². The van der Waals surface area contributed by atoms with Gasteiger partial charge in [-0.25, -0.2) is 9.07 Å². The third-order valence-electron chi connectivity index (χ3n) is 3.06. The molecule has 0 aliphatic rings. The molecule has 0 bridgehead atoms. The van der Waals surface area contributed by atoms with Gasteiger partial charge < -0.3 is 5.32 Å². The Morgan fingerprint density at radius 3 is 2.67 bits per heavy atom. The van der Waals surface area contributed by atoms with Crippen molar-refractivity contribution >= 4 is 21.6 Å². The van der Waals surface area contributed by atoms with Gasteiger partial charge in [-0.05, 0) is 52.3 Å². The number of hydrogen-bond acceptors (Lipinski definition) is 2. The third kappa shape index (κ3) is 3.31. The summed E-state index contributed by atoms with van der Waals surface area (Å²) in [5.74, 6) is -0.283. The second kappa shape index (κ2) is 6.10. The van der Waals surface area contributed by atoms with Crippen molar-refractivity contribution < 1.29 is 4.39 Å². The first-order chi connectivity index (χ1) is 10.2. The molecule has 2 aromatic carbocycles. The molecule has 0 spiro atoms. The lowest BCUT2D eigenvalue weighted by Gasteiger charge is -2.05. The Morgan fingerprint density at radius 2 is 1.90 bits per heavy atom. The van der Waals surface area contributed by atoms with E-state index in [4.69, 9.17) is 0 Å². The molecular formula is C16H13BrFN3. The number of nitrogens with one attached hydrogen (secondary N) is 1. The molecule has 1 heterocycles. The molecule has 0 fully saturated rings. The number of halogens is 2. The second-order valence-electron chi connectivity index (χ2n) is 4.57. The van der Waals surface area contributed by atoms with E-state index in [1.54, 1.807) is 6.07 Å². The van der Waals surface area contributed by atoms with E-state index < -0.39 is 0 Å². The van der Waals surface area contributed by atoms with Gasteiger partial charge in [0.05, 0.1) is 22.4 Å². The van der Waals surface area contributed by atoms with Gasteiger partial charge in [0, 0.05) is 11.9 Å². The van der Waals surface area contributed by atoms with Gasteiger partial charge in [0.2, 0.25) is 0 Å². The van der Waals surface area contributed by atoms with E-state index in [0.717, 1.165) is 17.1 Å². The normalized spacial score (nSPS) is 10.6. The third-order valence-corrected chi connectivity index (χ3v) is 3.70. The van der Waals surface area contributed by atoms with Crippen LogP contribution in [0.15, 0.2) is 65.3 Å². The van der Waals surface area contributed by atoms with Crippen LogP contribution in [0.3, 0.4) is 0 Å². The van der Waals surface area contributed by atoms with E-state index in [2.05, 4.69) is 26.3 Å². The highest BCUT2D eigenvalue weighted by molar-refractivity contribution is 9.10. The minimum absolute atomic E-state index is 0.283. The highest BCUT2D eigenvalue weighted by Crippen LogP contribution is 2.19. The molecule has 0 atom stereocenters. The van der Waals surface area contributed by atoms with Gasteiger partial charge in [-0.3, -0.25) is 0 Å². The molecule has 106 valence electrons. The fourth-order valence-corrected chi connectivity index (χ4v) is 2.23. The number of nitrogens with zero attached hydrogens (tertiary/aromatic N) is 2. The molecule has 3 nitrogen and oxygen atoms in total. The van der Waals surface area contributed by atoms with E-state index in [9.17, 15) is 4.39 Å². The maximum atomic E-state index is 13.4. The van der Waals surface area contributed by atoms with Gasteiger partial charge >= 0.3 is 0 Å². The number of rotatable bonds is 4. The Balaban J connectivity index is 1.69. The Morgan fingerprint density at radius 1 is 1.10 bits per heavy atom. The molecule has 0 amide bonds. The van der Waals surface area contributed by atoms with E-state index in [1.807, 2.05) is 53.3 Å². The Kier molecular flexibility index (Phi) is 4.01. The quantitative estimate of drug-likeness (QED) is 0.760. The fraction of sp³-hybridized carbons (Fsp3) is 0.0625. The van der Waals surface area contributed by atoms with Crippen LogP contribution in [0.25, 0.3) is 5.69 Å². The summed E-state index contributed by atoms with van der Waals surface area (Å²) >= 11 is 3.14. The topological polar surface area (TPSA) is 29.9 Å². The predicted octanol–water partition coefficient (Wildman–Crippen LogP) is 4.39. The van der Waals surface area contributed by atoms with Crippen LogP contribution in [-0.2, 0) is 6.54 Å². The standard InChI is InChI=1S/C16H13BrFN3/c17-15-7-6-12(10-16(15)18)19-11-13-8-9-21(20-13)14-4-2-1-3-5-14/h1-10,19H,11H2. The van der Waals surface area contributed by atoms with E-state index in [-0.39, 0.29) is 5.82 Å². The van der Waals surface area contributed by atoms with Crippen LogP contribution in [0.4, 0.5) is 10.1 Å². The zero-order valence-corrected chi connectivity index (χ0v) is 12.7. The Hall–Kier alpha value is -2.14. The molecule has 0 saturated heterocycles. The zero-order valence-electron chi connectivity index (χ0n) is 11.1. The highest BCUT2D eigenvalue weighted by Gasteiger charge is 2.03. The largest absolute Gasteiger partial charge is 0.379 e. The average Bonchev–Trinajstić information content (AvgIpc) is 2.98. The van der Waals surface area contributed by atoms with Crippen LogP contribution >= 0.6 is 15.9 Å². The molecule has 0 saturated carbocycles. The van der Waals surface area contributed by atoms with E-state index in [0.29, 0.717) is 11.0 Å². The second-order valence-corrected chi connectivity index (χ2v) is 5.42. The predicted molar refractivity (Wildman–Crippen MR) is 85.0 cm³/mol. The molecule has 1 N–H and O–H groups in total. The molecule has 0 unspecified atom stereocenters. The summed E-state index contributed by atoms with van der Waals surface area (Å²) < 4.78 is 15.7. The van der Waals surface area contributed by atoms with Crippen molar-refractivity contribution in [3.05, 3.63) is 76.8 Å². The number of aromatic nitrogens is 2. The van der Waals surface area contributed by atoms with Crippen molar-refractivity contribution in [1.29, 1.82) is 0 Å². The van der Waals surface area contributed by atoms with Gasteiger partial charge in [0.25, 0.3) is 0 Å². The highest BCUT2D eigenvalue weighted by atomic mass is 79.9. The lowest BCUT2D eigenvalue weighted by atomic mass is 10.3. The van der Waals surface area contributed by atoms with Crippen molar-refractivity contribution in [2.45, 2.75) is 6.54 Å². The fourth-order valence-electron chi connectivity index (χ4n) is 1.98. The molecule has 0 aliphatic carbocycles.